The molecule has 39 heavy (non-hydrogen) atoms. The number of nitrogens with zero attached hydrogens (tertiary/aromatic N) is 2. The van der Waals surface area contributed by atoms with Crippen LogP contribution in [0, 0.1) is 6.92 Å². The molecule has 5 nitrogen and oxygen atoms in total. The highest BCUT2D eigenvalue weighted by molar-refractivity contribution is 6.39. The summed E-state index contributed by atoms with van der Waals surface area (Å²) >= 11 is -0.259. The molecular weight excluding hydrogens is 499 g/mol. The SMILES string of the molecule is C[OH+]c1cccc2ccc(C)nc12.Oc1ccc(-c2ccccc2)cc1CC1C=Cc2cccc3c2[N]1[Al][O]3. The van der Waals surface area contributed by atoms with Gasteiger partial charge in [-0.05, 0) is 59.9 Å². The highest BCUT2D eigenvalue weighted by atomic mass is 27.1. The Morgan fingerprint density at radius 2 is 1.77 bits per heavy atom. The molecule has 0 spiro atoms. The maximum atomic E-state index is 10.4. The van der Waals surface area contributed by atoms with E-state index in [1.165, 1.54) is 11.3 Å². The zero-order valence-corrected chi connectivity index (χ0v) is 23.1. The topological polar surface area (TPSA) is 58.4 Å². The normalized spacial score (nSPS) is 14.6. The first-order chi connectivity index (χ1) is 19.1. The van der Waals surface area contributed by atoms with Crippen LogP contribution in [0.1, 0.15) is 16.8 Å². The number of anilines is 1. The lowest BCUT2D eigenvalue weighted by Gasteiger charge is -2.31. The summed E-state index contributed by atoms with van der Waals surface area (Å²) < 4.78 is 12.5. The van der Waals surface area contributed by atoms with Gasteiger partial charge >= 0.3 is 15.8 Å². The number of aryl methyl sites for hydroxylation is 1. The molecule has 3 heterocycles. The molecular formula is C33H29AlN2O3+. The molecule has 1 atom stereocenters. The van der Waals surface area contributed by atoms with Crippen LogP contribution in [0.25, 0.3) is 28.1 Å². The number of hydrogen-bond donors (Lipinski definition) is 1. The predicted octanol–water partition coefficient (Wildman–Crippen LogP) is 6.84. The summed E-state index contributed by atoms with van der Waals surface area (Å²) in [6, 6.07) is 32.7. The van der Waals surface area contributed by atoms with Gasteiger partial charge < -0.3 is 17.5 Å². The second kappa shape index (κ2) is 10.9. The number of fused-ring (bicyclic) bond motifs is 1. The molecule has 0 saturated heterocycles. The molecule has 2 N–H and O–H groups in total. The summed E-state index contributed by atoms with van der Waals surface area (Å²) in [4.78, 5) is 4.45. The van der Waals surface area contributed by atoms with Gasteiger partial charge in [0.05, 0.1) is 5.69 Å². The van der Waals surface area contributed by atoms with Gasteiger partial charge in [0, 0.05) is 23.2 Å². The van der Waals surface area contributed by atoms with Crippen molar-refractivity contribution in [3.8, 4) is 28.4 Å². The maximum Gasteiger partial charge on any atom is 0.715 e. The van der Waals surface area contributed by atoms with E-state index in [-0.39, 0.29) is 21.8 Å². The van der Waals surface area contributed by atoms with Crippen LogP contribution in [0.5, 0.6) is 17.2 Å². The molecule has 2 aliphatic rings. The summed E-state index contributed by atoms with van der Waals surface area (Å²) in [6.45, 7) is 1.99. The number of ether oxygens (including phenoxy) is 1. The van der Waals surface area contributed by atoms with Gasteiger partial charge in [0.2, 0.25) is 0 Å². The molecule has 5 aromatic rings. The maximum absolute atomic E-state index is 10.4. The Bertz CT molecular complexity index is 1670. The van der Waals surface area contributed by atoms with E-state index in [0.29, 0.717) is 5.75 Å². The van der Waals surface area contributed by atoms with Gasteiger partial charge in [-0.25, -0.2) is 4.98 Å². The van der Waals surface area contributed by atoms with Gasteiger partial charge in [0.1, 0.15) is 11.5 Å². The first-order valence-corrected chi connectivity index (χ1v) is 14.0. The Morgan fingerprint density at radius 3 is 2.62 bits per heavy atom. The summed E-state index contributed by atoms with van der Waals surface area (Å²) in [7, 11) is 1.79. The van der Waals surface area contributed by atoms with Gasteiger partial charge in [0.25, 0.3) is 5.75 Å². The molecule has 7 rings (SSSR count). The fraction of sp³-hybridized carbons (Fsp3) is 0.121. The monoisotopic (exact) mass is 528 g/mol. The molecule has 0 amide bonds. The summed E-state index contributed by atoms with van der Waals surface area (Å²) in [6.07, 6.45) is 5.15. The standard InChI is InChI=1S/C22H18NO2.C11H11NO.Al/c24-20-12-10-17(15-5-2-1-3-6-15)13-18(20)14-19-11-9-16-7-4-8-21(25)22(16)23-19;1-8-6-7-9-4-3-5-10(13-2)11(9)12-8;/h1-13,19,24-25H,14H2;3-7H,1-2H3;/q-1;;+2. The smallest absolute Gasteiger partial charge is 0.630 e. The van der Waals surface area contributed by atoms with Crippen molar-refractivity contribution in [3.63, 3.8) is 0 Å². The van der Waals surface area contributed by atoms with E-state index >= 15 is 0 Å². The zero-order chi connectivity index (χ0) is 26.8. The molecule has 6 heteroatoms. The summed E-state index contributed by atoms with van der Waals surface area (Å²) in [5, 5.41) is 11.6. The van der Waals surface area contributed by atoms with Gasteiger partial charge in [0.15, 0.2) is 12.6 Å². The molecule has 2 aliphatic heterocycles. The predicted molar refractivity (Wildman–Crippen MR) is 159 cm³/mol. The van der Waals surface area contributed by atoms with E-state index in [1.54, 1.807) is 13.2 Å². The zero-order valence-electron chi connectivity index (χ0n) is 22.0. The molecule has 0 aliphatic carbocycles. The van der Waals surface area contributed by atoms with E-state index in [1.807, 2.05) is 61.5 Å². The van der Waals surface area contributed by atoms with Gasteiger partial charge in [-0.1, -0.05) is 78.9 Å². The first kappa shape index (κ1) is 25.1. The lowest BCUT2D eigenvalue weighted by Crippen LogP contribution is -2.39. The van der Waals surface area contributed by atoms with E-state index in [9.17, 15) is 5.11 Å². The minimum Gasteiger partial charge on any atom is -0.630 e. The minimum absolute atomic E-state index is 0.207. The van der Waals surface area contributed by atoms with E-state index in [2.05, 4.69) is 62.2 Å². The number of phenols is 1. The Morgan fingerprint density at radius 1 is 0.923 bits per heavy atom. The molecule has 0 fully saturated rings. The van der Waals surface area contributed by atoms with E-state index in [0.717, 1.165) is 51.2 Å². The summed E-state index contributed by atoms with van der Waals surface area (Å²) in [5.74, 6) is 2.29. The number of benzene rings is 4. The van der Waals surface area contributed by atoms with Gasteiger partial charge in [-0.15, -0.1) is 0 Å². The minimum atomic E-state index is -0.259. The van der Waals surface area contributed by atoms with Crippen LogP contribution in [0.2, 0.25) is 0 Å². The lowest BCUT2D eigenvalue weighted by atomic mass is 9.96. The van der Waals surface area contributed by atoms with Crippen LogP contribution in [-0.4, -0.2) is 43.8 Å². The van der Waals surface area contributed by atoms with Crippen LogP contribution in [-0.2, 0) is 6.42 Å². The van der Waals surface area contributed by atoms with Crippen molar-refractivity contribution in [3.05, 3.63) is 120 Å². The lowest BCUT2D eigenvalue weighted by molar-refractivity contribution is 0.139. The van der Waals surface area contributed by atoms with Crippen molar-refractivity contribution in [2.45, 2.75) is 19.4 Å². The second-order valence-electron chi connectivity index (χ2n) is 9.69. The average molecular weight is 529 g/mol. The van der Waals surface area contributed by atoms with Crippen LogP contribution >= 0.6 is 0 Å². The number of aliphatic hydroxyl groups is 1. The van der Waals surface area contributed by atoms with Crippen LogP contribution < -0.4 is 7.67 Å². The molecule has 1 aromatic heterocycles. The highest BCUT2D eigenvalue weighted by Crippen LogP contribution is 2.42. The number of rotatable bonds is 4. The molecule has 0 saturated carbocycles. The van der Waals surface area contributed by atoms with Crippen molar-refractivity contribution in [2.75, 3.05) is 11.0 Å². The number of phenolic OH excluding ortho intramolecular Hbond substituents is 1. The largest absolute Gasteiger partial charge is 0.715 e. The van der Waals surface area contributed by atoms with Gasteiger partial charge in [-0.2, -0.15) is 0 Å². The van der Waals surface area contributed by atoms with Crippen molar-refractivity contribution >= 4 is 38.4 Å². The highest BCUT2D eigenvalue weighted by Gasteiger charge is 2.34. The molecule has 1 radical (unpaired) electrons. The van der Waals surface area contributed by atoms with Crippen molar-refractivity contribution in [2.24, 2.45) is 0 Å². The fourth-order valence-corrected chi connectivity index (χ4v) is 6.28. The third-order valence-electron chi connectivity index (χ3n) is 7.13. The van der Waals surface area contributed by atoms with Crippen molar-refractivity contribution < 1.29 is 13.6 Å². The molecule has 191 valence electrons. The molecule has 1 unspecified atom stereocenters. The third-order valence-corrected chi connectivity index (χ3v) is 8.36. The summed E-state index contributed by atoms with van der Waals surface area (Å²) in [5.41, 5.74) is 7.70. The van der Waals surface area contributed by atoms with Crippen LogP contribution in [0.3, 0.4) is 0 Å². The number of aromatic hydroxyl groups is 2. The van der Waals surface area contributed by atoms with Crippen molar-refractivity contribution in [1.82, 2.24) is 4.98 Å². The van der Waals surface area contributed by atoms with Crippen molar-refractivity contribution in [1.29, 1.82) is 0 Å². The Kier molecular flexibility index (Phi) is 6.98. The first-order valence-electron chi connectivity index (χ1n) is 13.0. The average Bonchev–Trinajstić information content (AvgIpc) is 3.42. The van der Waals surface area contributed by atoms with E-state index < -0.39 is 0 Å². The van der Waals surface area contributed by atoms with Crippen LogP contribution in [0.4, 0.5) is 5.69 Å². The molecule has 0 bridgehead atoms. The van der Waals surface area contributed by atoms with Crippen LogP contribution in [0.15, 0.2) is 103 Å². The second-order valence-corrected chi connectivity index (χ2v) is 10.7. The number of aromatic nitrogens is 1. The van der Waals surface area contributed by atoms with Gasteiger partial charge in [-0.3, -0.25) is 0 Å². The Hall–Kier alpha value is -4.24. The quantitative estimate of drug-likeness (QED) is 0.205. The third kappa shape index (κ3) is 5.10. The number of hydrogen-bond acceptors (Lipinski definition) is 4. The number of para-hydroxylation sites is 2. The Balaban J connectivity index is 0.000000179. The van der Waals surface area contributed by atoms with E-state index in [4.69, 9.17) is 3.79 Å². The fourth-order valence-electron chi connectivity index (χ4n) is 5.12. The Labute approximate surface area is 235 Å². The number of pyridine rings is 1. The molecule has 4 aromatic carbocycles.